The lowest BCUT2D eigenvalue weighted by Crippen LogP contribution is -2.06. The molecule has 0 aliphatic heterocycles. The molecule has 1 unspecified atom stereocenters. The Bertz CT molecular complexity index is 954. The van der Waals surface area contributed by atoms with Gasteiger partial charge in [-0.25, -0.2) is 0 Å². The van der Waals surface area contributed by atoms with Gasteiger partial charge in [-0.05, 0) is 47.2 Å². The van der Waals surface area contributed by atoms with Crippen molar-refractivity contribution in [2.45, 2.75) is 26.7 Å². The highest BCUT2D eigenvalue weighted by Crippen LogP contribution is 2.34. The van der Waals surface area contributed by atoms with E-state index in [9.17, 15) is 15.0 Å². The third-order valence-corrected chi connectivity index (χ3v) is 4.59. The number of rotatable bonds is 3. The largest absolute Gasteiger partial charge is 0.508 e. The van der Waals surface area contributed by atoms with Crippen molar-refractivity contribution in [3.8, 4) is 22.6 Å². The van der Waals surface area contributed by atoms with Gasteiger partial charge in [0.1, 0.15) is 23.3 Å². The molecule has 1 aromatic heterocycles. The van der Waals surface area contributed by atoms with Crippen LogP contribution in [0.4, 0.5) is 0 Å². The summed E-state index contributed by atoms with van der Waals surface area (Å²) in [6, 6.07) is 9.61. The van der Waals surface area contributed by atoms with Crippen LogP contribution in [0.3, 0.4) is 0 Å². The number of aromatic hydroxyl groups is 2. The summed E-state index contributed by atoms with van der Waals surface area (Å²) in [4.78, 5) is 12.7. The molecule has 0 spiro atoms. The van der Waals surface area contributed by atoms with Crippen molar-refractivity contribution < 1.29 is 14.6 Å². The maximum absolute atomic E-state index is 12.7. The highest BCUT2D eigenvalue weighted by Gasteiger charge is 2.17. The summed E-state index contributed by atoms with van der Waals surface area (Å²) in [7, 11) is 0. The van der Waals surface area contributed by atoms with Gasteiger partial charge in [0.05, 0.1) is 10.9 Å². The van der Waals surface area contributed by atoms with Gasteiger partial charge in [0.25, 0.3) is 0 Å². The molecule has 24 heavy (non-hydrogen) atoms. The first-order valence-electron chi connectivity index (χ1n) is 7.96. The minimum absolute atomic E-state index is 0.0519. The Morgan fingerprint density at radius 3 is 2.46 bits per heavy atom. The zero-order chi connectivity index (χ0) is 17.4. The van der Waals surface area contributed by atoms with Crippen LogP contribution in [-0.2, 0) is 0 Å². The Balaban J connectivity index is 2.18. The monoisotopic (exact) mass is 324 g/mol. The lowest BCUT2D eigenvalue weighted by Gasteiger charge is -2.18. The zero-order valence-electron chi connectivity index (χ0n) is 13.9. The molecular weight excluding hydrogens is 304 g/mol. The predicted octanol–water partition coefficient (Wildman–Crippen LogP) is 4.63. The first kappa shape index (κ1) is 16.1. The molecule has 2 aromatic carbocycles. The van der Waals surface area contributed by atoms with Gasteiger partial charge in [0.2, 0.25) is 0 Å². The van der Waals surface area contributed by atoms with Crippen molar-refractivity contribution in [1.82, 2.24) is 0 Å². The molecule has 0 saturated carbocycles. The van der Waals surface area contributed by atoms with Crippen LogP contribution in [0.2, 0.25) is 0 Å². The van der Waals surface area contributed by atoms with Crippen LogP contribution < -0.4 is 5.43 Å². The van der Waals surface area contributed by atoms with Crippen molar-refractivity contribution in [2.24, 2.45) is 5.92 Å². The third kappa shape index (κ3) is 2.75. The maximum Gasteiger partial charge on any atom is 0.200 e. The molecule has 124 valence electrons. The number of benzene rings is 2. The fourth-order valence-corrected chi connectivity index (χ4v) is 2.76. The summed E-state index contributed by atoms with van der Waals surface area (Å²) in [5, 5.41) is 20.1. The number of phenolic OH excluding ortho intramolecular Hbond substituents is 2. The van der Waals surface area contributed by atoms with Crippen LogP contribution in [0.1, 0.15) is 32.3 Å². The van der Waals surface area contributed by atoms with Gasteiger partial charge in [-0.2, -0.15) is 0 Å². The van der Waals surface area contributed by atoms with E-state index >= 15 is 0 Å². The molecule has 0 aliphatic rings. The molecule has 0 bridgehead atoms. The Morgan fingerprint density at radius 1 is 1.00 bits per heavy atom. The van der Waals surface area contributed by atoms with Gasteiger partial charge in [-0.3, -0.25) is 4.79 Å². The lowest BCUT2D eigenvalue weighted by atomic mass is 9.88. The molecule has 4 nitrogen and oxygen atoms in total. The lowest BCUT2D eigenvalue weighted by molar-refractivity contribution is 0.446. The average molecular weight is 324 g/mol. The van der Waals surface area contributed by atoms with E-state index < -0.39 is 0 Å². The van der Waals surface area contributed by atoms with Crippen LogP contribution in [0.15, 0.2) is 51.9 Å². The summed E-state index contributed by atoms with van der Waals surface area (Å²) < 4.78 is 5.51. The Hall–Kier alpha value is -2.75. The van der Waals surface area contributed by atoms with Crippen LogP contribution in [0, 0.1) is 5.92 Å². The quantitative estimate of drug-likeness (QED) is 0.737. The minimum atomic E-state index is -0.162. The van der Waals surface area contributed by atoms with Gasteiger partial charge in [0, 0.05) is 6.07 Å². The normalized spacial score (nSPS) is 12.7. The highest BCUT2D eigenvalue weighted by molar-refractivity contribution is 5.82. The minimum Gasteiger partial charge on any atom is -0.508 e. The maximum atomic E-state index is 12.7. The van der Waals surface area contributed by atoms with E-state index in [1.54, 1.807) is 18.2 Å². The second-order valence-electron chi connectivity index (χ2n) is 6.47. The Labute approximate surface area is 140 Å². The van der Waals surface area contributed by atoms with Gasteiger partial charge in [-0.1, -0.05) is 26.8 Å². The molecule has 3 aromatic rings. The Morgan fingerprint density at radius 2 is 1.75 bits per heavy atom. The van der Waals surface area contributed by atoms with Gasteiger partial charge in [-0.15, -0.1) is 0 Å². The van der Waals surface area contributed by atoms with Crippen molar-refractivity contribution in [3.63, 3.8) is 0 Å². The number of hydrogen-bond acceptors (Lipinski definition) is 4. The second kappa shape index (κ2) is 6.04. The molecular formula is C20H20O4. The summed E-state index contributed by atoms with van der Waals surface area (Å²) in [5.41, 5.74) is 2.14. The summed E-state index contributed by atoms with van der Waals surface area (Å²) in [6.07, 6.45) is 1.40. The van der Waals surface area contributed by atoms with E-state index in [1.165, 1.54) is 18.4 Å². The molecule has 4 heteroatoms. The zero-order valence-corrected chi connectivity index (χ0v) is 13.9. The van der Waals surface area contributed by atoms with E-state index in [2.05, 4.69) is 20.8 Å². The van der Waals surface area contributed by atoms with Crippen LogP contribution in [0.25, 0.3) is 22.1 Å². The van der Waals surface area contributed by atoms with Crippen molar-refractivity contribution in [3.05, 3.63) is 58.4 Å². The summed E-state index contributed by atoms with van der Waals surface area (Å²) >= 11 is 0. The van der Waals surface area contributed by atoms with Crippen molar-refractivity contribution >= 4 is 11.0 Å². The van der Waals surface area contributed by atoms with Gasteiger partial charge in [0.15, 0.2) is 5.43 Å². The topological polar surface area (TPSA) is 70.7 Å². The molecule has 0 radical (unpaired) electrons. The van der Waals surface area contributed by atoms with Gasteiger partial charge < -0.3 is 14.6 Å². The summed E-state index contributed by atoms with van der Waals surface area (Å²) in [5.74, 6) is 0.808. The highest BCUT2D eigenvalue weighted by atomic mass is 16.3. The smallest absolute Gasteiger partial charge is 0.200 e. The van der Waals surface area contributed by atoms with E-state index in [0.717, 1.165) is 5.56 Å². The number of hydrogen-bond donors (Lipinski definition) is 2. The first-order valence-corrected chi connectivity index (χ1v) is 7.96. The number of phenols is 2. The molecule has 0 amide bonds. The fraction of sp³-hybridized carbons (Fsp3) is 0.250. The molecule has 1 heterocycles. The van der Waals surface area contributed by atoms with Crippen LogP contribution in [0.5, 0.6) is 11.5 Å². The third-order valence-electron chi connectivity index (χ3n) is 4.59. The van der Waals surface area contributed by atoms with Crippen molar-refractivity contribution in [1.29, 1.82) is 0 Å². The van der Waals surface area contributed by atoms with E-state index in [0.29, 0.717) is 28.0 Å². The molecule has 0 saturated heterocycles. The Kier molecular flexibility index (Phi) is 4.06. The molecule has 1 atom stereocenters. The fourth-order valence-electron chi connectivity index (χ4n) is 2.76. The van der Waals surface area contributed by atoms with Gasteiger partial charge >= 0.3 is 0 Å². The second-order valence-corrected chi connectivity index (χ2v) is 6.47. The molecule has 0 aliphatic carbocycles. The molecule has 3 rings (SSSR count). The SMILES string of the molecule is CC(C)C(C)c1cc(-c2coc3cc(O)ccc3c2=O)ccc1O. The predicted molar refractivity (Wildman–Crippen MR) is 94.5 cm³/mol. The average Bonchev–Trinajstić information content (AvgIpc) is 2.55. The standard InChI is InChI=1S/C20H20O4/c1-11(2)12(3)16-8-13(4-7-18(16)22)17-10-24-19-9-14(21)5-6-15(19)20(17)23/h4-12,21-22H,1-3H3. The number of fused-ring (bicyclic) bond motifs is 1. The van der Waals surface area contributed by atoms with Crippen LogP contribution in [-0.4, -0.2) is 10.2 Å². The van der Waals surface area contributed by atoms with Crippen molar-refractivity contribution in [2.75, 3.05) is 0 Å². The summed E-state index contributed by atoms with van der Waals surface area (Å²) in [6.45, 7) is 6.23. The first-order chi connectivity index (χ1) is 11.4. The van der Waals surface area contributed by atoms with Crippen LogP contribution >= 0.6 is 0 Å². The van der Waals surface area contributed by atoms with E-state index in [1.807, 2.05) is 6.07 Å². The molecule has 2 N–H and O–H groups in total. The van der Waals surface area contributed by atoms with E-state index in [-0.39, 0.29) is 22.8 Å². The molecule has 0 fully saturated rings. The van der Waals surface area contributed by atoms with E-state index in [4.69, 9.17) is 4.42 Å².